The first-order valence-corrected chi connectivity index (χ1v) is 28.3. The van der Waals surface area contributed by atoms with Crippen LogP contribution in [-0.2, 0) is 28.6 Å². The van der Waals surface area contributed by atoms with Crippen LogP contribution in [0, 0.1) is 5.41 Å². The SMILES string of the molecule is CCCCCCCC/C=C/CCCCCCCC(=O)OCC(C)(COC(=O)CCCCCCC/C=C/CCCCCCCC)COC(=O)CCCCCCC/C=C/CCCCCCCC. The van der Waals surface area contributed by atoms with Crippen LogP contribution in [-0.4, -0.2) is 37.7 Å². The summed E-state index contributed by atoms with van der Waals surface area (Å²) in [6.45, 7) is 8.84. The summed E-state index contributed by atoms with van der Waals surface area (Å²) < 4.78 is 17.2. The van der Waals surface area contributed by atoms with Crippen molar-refractivity contribution in [3.05, 3.63) is 36.5 Å². The van der Waals surface area contributed by atoms with E-state index in [-0.39, 0.29) is 37.7 Å². The highest BCUT2D eigenvalue weighted by molar-refractivity contribution is 5.70. The second kappa shape index (κ2) is 51.0. The average molecular weight is 914 g/mol. The molecule has 0 rings (SSSR count). The Bertz CT molecular complexity index is 988. The van der Waals surface area contributed by atoms with Crippen molar-refractivity contribution < 1.29 is 28.6 Å². The van der Waals surface area contributed by atoms with E-state index >= 15 is 0 Å². The van der Waals surface area contributed by atoms with E-state index in [1.807, 2.05) is 6.92 Å². The standard InChI is InChI=1S/C59H108O6/c1-5-8-11-14-17-20-23-26-29-32-35-38-41-44-47-50-56(60)63-53-59(4,54-64-57(61)51-48-45-42-39-36-33-30-27-24-21-18-15-12-9-6-2)55-65-58(62)52-49-46-43-40-37-34-31-28-25-22-19-16-13-10-7-3/h26-31H,5-25,32-55H2,1-4H3/b29-26+,30-27+,31-28+. The number of unbranched alkanes of at least 4 members (excludes halogenated alkanes) is 33. The van der Waals surface area contributed by atoms with Crippen LogP contribution in [0.2, 0.25) is 0 Å². The highest BCUT2D eigenvalue weighted by Crippen LogP contribution is 2.22. The zero-order valence-corrected chi connectivity index (χ0v) is 43.7. The van der Waals surface area contributed by atoms with Crippen molar-refractivity contribution in [2.75, 3.05) is 19.8 Å². The maximum atomic E-state index is 12.8. The number of carbonyl (C=O) groups is 3. The van der Waals surface area contributed by atoms with E-state index in [1.165, 1.54) is 173 Å². The molecular weight excluding hydrogens is 805 g/mol. The summed E-state index contributed by atoms with van der Waals surface area (Å²) in [5.74, 6) is -0.728. The molecule has 0 aromatic carbocycles. The number of rotatable bonds is 51. The van der Waals surface area contributed by atoms with Gasteiger partial charge in [-0.2, -0.15) is 0 Å². The second-order valence-electron chi connectivity index (χ2n) is 19.8. The molecule has 0 atom stereocenters. The van der Waals surface area contributed by atoms with E-state index in [0.29, 0.717) is 19.3 Å². The summed E-state index contributed by atoms with van der Waals surface area (Å²) in [4.78, 5) is 38.3. The molecule has 0 heterocycles. The lowest BCUT2D eigenvalue weighted by atomic mass is 9.94. The first-order chi connectivity index (χ1) is 31.9. The van der Waals surface area contributed by atoms with Crippen LogP contribution in [0.15, 0.2) is 36.5 Å². The van der Waals surface area contributed by atoms with E-state index in [2.05, 4.69) is 57.2 Å². The smallest absolute Gasteiger partial charge is 0.305 e. The highest BCUT2D eigenvalue weighted by atomic mass is 16.6. The molecule has 0 N–H and O–H groups in total. The Morgan fingerprint density at radius 3 is 0.692 bits per heavy atom. The molecule has 0 fully saturated rings. The van der Waals surface area contributed by atoms with Gasteiger partial charge in [0, 0.05) is 19.3 Å². The topological polar surface area (TPSA) is 78.9 Å². The van der Waals surface area contributed by atoms with Crippen LogP contribution in [0.3, 0.4) is 0 Å². The molecule has 65 heavy (non-hydrogen) atoms. The zero-order chi connectivity index (χ0) is 47.4. The minimum atomic E-state index is -0.797. The van der Waals surface area contributed by atoms with Gasteiger partial charge in [0.2, 0.25) is 0 Å². The van der Waals surface area contributed by atoms with Crippen LogP contribution >= 0.6 is 0 Å². The van der Waals surface area contributed by atoms with Crippen molar-refractivity contribution >= 4 is 17.9 Å². The highest BCUT2D eigenvalue weighted by Gasteiger charge is 2.31. The van der Waals surface area contributed by atoms with Gasteiger partial charge in [-0.1, -0.05) is 211 Å². The molecule has 380 valence electrons. The molecule has 0 saturated carbocycles. The Hall–Kier alpha value is -2.37. The predicted octanol–water partition coefficient (Wildman–Crippen LogP) is 18.7. The van der Waals surface area contributed by atoms with Gasteiger partial charge < -0.3 is 14.2 Å². The summed E-state index contributed by atoms with van der Waals surface area (Å²) in [5.41, 5.74) is -0.797. The van der Waals surface area contributed by atoms with E-state index in [1.54, 1.807) is 0 Å². The minimum Gasteiger partial charge on any atom is -0.465 e. The molecule has 6 heteroatoms. The van der Waals surface area contributed by atoms with Gasteiger partial charge in [0.05, 0.1) is 5.41 Å². The molecule has 0 saturated heterocycles. The van der Waals surface area contributed by atoms with Crippen molar-refractivity contribution in [1.29, 1.82) is 0 Å². The Morgan fingerprint density at radius 2 is 0.477 bits per heavy atom. The van der Waals surface area contributed by atoms with Crippen molar-refractivity contribution in [3.8, 4) is 0 Å². The average Bonchev–Trinajstić information content (AvgIpc) is 3.30. The van der Waals surface area contributed by atoms with Gasteiger partial charge in [0.25, 0.3) is 0 Å². The van der Waals surface area contributed by atoms with Gasteiger partial charge in [-0.25, -0.2) is 0 Å². The Labute approximate surface area is 404 Å². The van der Waals surface area contributed by atoms with E-state index in [9.17, 15) is 14.4 Å². The maximum Gasteiger partial charge on any atom is 0.305 e. The zero-order valence-electron chi connectivity index (χ0n) is 43.7. The van der Waals surface area contributed by atoms with Crippen LogP contribution in [0.4, 0.5) is 0 Å². The van der Waals surface area contributed by atoms with Crippen molar-refractivity contribution in [2.45, 2.75) is 297 Å². The van der Waals surface area contributed by atoms with E-state index < -0.39 is 5.41 Å². The van der Waals surface area contributed by atoms with Crippen molar-refractivity contribution in [1.82, 2.24) is 0 Å². The molecule has 0 unspecified atom stereocenters. The lowest BCUT2D eigenvalue weighted by molar-refractivity contribution is -0.160. The van der Waals surface area contributed by atoms with Gasteiger partial charge >= 0.3 is 17.9 Å². The Balaban J connectivity index is 4.51. The first-order valence-electron chi connectivity index (χ1n) is 28.3. The van der Waals surface area contributed by atoms with Crippen LogP contribution < -0.4 is 0 Å². The van der Waals surface area contributed by atoms with Gasteiger partial charge in [-0.15, -0.1) is 0 Å². The summed E-state index contributed by atoms with van der Waals surface area (Å²) in [6.07, 6.45) is 62.4. The van der Waals surface area contributed by atoms with Gasteiger partial charge in [0.1, 0.15) is 19.8 Å². The fourth-order valence-corrected chi connectivity index (χ4v) is 8.13. The lowest BCUT2D eigenvalue weighted by Crippen LogP contribution is -2.37. The summed E-state index contributed by atoms with van der Waals surface area (Å²) in [6, 6.07) is 0. The molecule has 0 spiro atoms. The Kier molecular flexibility index (Phi) is 49.2. The molecule has 0 aliphatic carbocycles. The number of ether oxygens (including phenoxy) is 3. The number of carbonyl (C=O) groups excluding carboxylic acids is 3. The summed E-state index contributed by atoms with van der Waals surface area (Å²) >= 11 is 0. The molecule has 0 amide bonds. The third-order valence-corrected chi connectivity index (χ3v) is 12.7. The lowest BCUT2D eigenvalue weighted by Gasteiger charge is -2.28. The summed E-state index contributed by atoms with van der Waals surface area (Å²) in [5, 5.41) is 0. The predicted molar refractivity (Wildman–Crippen MR) is 279 cm³/mol. The fraction of sp³-hybridized carbons (Fsp3) is 0.847. The number of hydrogen-bond acceptors (Lipinski definition) is 6. The van der Waals surface area contributed by atoms with E-state index in [4.69, 9.17) is 14.2 Å². The molecule has 0 radical (unpaired) electrons. The molecule has 0 aromatic heterocycles. The van der Waals surface area contributed by atoms with Crippen molar-refractivity contribution in [3.63, 3.8) is 0 Å². The molecule has 0 aromatic rings. The first kappa shape index (κ1) is 62.6. The number of allylic oxidation sites excluding steroid dienone is 6. The molecular formula is C59H108O6. The van der Waals surface area contributed by atoms with Crippen LogP contribution in [0.25, 0.3) is 0 Å². The fourth-order valence-electron chi connectivity index (χ4n) is 8.13. The maximum absolute atomic E-state index is 12.8. The van der Waals surface area contributed by atoms with Gasteiger partial charge in [-0.3, -0.25) is 14.4 Å². The van der Waals surface area contributed by atoms with Gasteiger partial charge in [-0.05, 0) is 103 Å². The molecule has 0 aliphatic rings. The largest absolute Gasteiger partial charge is 0.465 e. The van der Waals surface area contributed by atoms with E-state index in [0.717, 1.165) is 77.0 Å². The number of esters is 3. The minimum absolute atomic E-state index is 0.0538. The summed E-state index contributed by atoms with van der Waals surface area (Å²) in [7, 11) is 0. The quantitative estimate of drug-likeness (QED) is 0.0262. The van der Waals surface area contributed by atoms with Crippen LogP contribution in [0.1, 0.15) is 297 Å². The second-order valence-corrected chi connectivity index (χ2v) is 19.8. The van der Waals surface area contributed by atoms with Crippen molar-refractivity contribution in [2.24, 2.45) is 5.41 Å². The monoisotopic (exact) mass is 913 g/mol. The number of hydrogen-bond donors (Lipinski definition) is 0. The molecule has 0 aliphatic heterocycles. The Morgan fingerprint density at radius 1 is 0.292 bits per heavy atom. The third-order valence-electron chi connectivity index (χ3n) is 12.7. The normalized spacial score (nSPS) is 12.0. The third kappa shape index (κ3) is 49.4. The molecule has 0 bridgehead atoms. The molecule has 6 nitrogen and oxygen atoms in total. The van der Waals surface area contributed by atoms with Gasteiger partial charge in [0.15, 0.2) is 0 Å². The van der Waals surface area contributed by atoms with Crippen LogP contribution in [0.5, 0.6) is 0 Å².